The molecule has 6 heteroatoms. The lowest BCUT2D eigenvalue weighted by Crippen LogP contribution is -2.30. The van der Waals surface area contributed by atoms with Gasteiger partial charge in [-0.2, -0.15) is 0 Å². The van der Waals surface area contributed by atoms with E-state index in [1.807, 2.05) is 0 Å². The van der Waals surface area contributed by atoms with Crippen molar-refractivity contribution in [1.82, 2.24) is 0 Å². The molecule has 0 rings (SSSR count). The van der Waals surface area contributed by atoms with Gasteiger partial charge in [-0.1, -0.05) is 247 Å². The second-order valence-electron chi connectivity index (χ2n) is 18.8. The molecule has 0 spiro atoms. The van der Waals surface area contributed by atoms with Crippen molar-refractivity contribution < 1.29 is 28.6 Å². The fraction of sp³-hybridized carbons (Fsp3) is 0.726. The maximum atomic E-state index is 12.8. The fourth-order valence-electron chi connectivity index (χ4n) is 7.86. The topological polar surface area (TPSA) is 78.9 Å². The van der Waals surface area contributed by atoms with Gasteiger partial charge in [-0.25, -0.2) is 0 Å². The molecule has 1 atom stereocenters. The number of ether oxygens (including phenoxy) is 3. The summed E-state index contributed by atoms with van der Waals surface area (Å²) in [6.07, 6.45) is 73.0. The summed E-state index contributed by atoms with van der Waals surface area (Å²) in [4.78, 5) is 38.0. The van der Waals surface area contributed by atoms with E-state index in [-0.39, 0.29) is 31.1 Å². The smallest absolute Gasteiger partial charge is 0.306 e. The molecule has 0 aliphatic carbocycles. The van der Waals surface area contributed by atoms with Crippen LogP contribution in [0.4, 0.5) is 0 Å². The van der Waals surface area contributed by atoms with Crippen molar-refractivity contribution >= 4 is 17.9 Å². The lowest BCUT2D eigenvalue weighted by atomic mass is 10.0. The number of carbonyl (C=O) groups is 3. The Balaban J connectivity index is 4.21. The number of allylic oxidation sites excluding steroid dienone is 14. The van der Waals surface area contributed by atoms with E-state index in [1.165, 1.54) is 109 Å². The van der Waals surface area contributed by atoms with Crippen molar-refractivity contribution in [3.8, 4) is 0 Å². The summed E-state index contributed by atoms with van der Waals surface area (Å²) in [7, 11) is 0. The van der Waals surface area contributed by atoms with Crippen LogP contribution in [-0.4, -0.2) is 37.2 Å². The van der Waals surface area contributed by atoms with Crippen molar-refractivity contribution in [3.63, 3.8) is 0 Å². The Hall–Kier alpha value is -3.41. The van der Waals surface area contributed by atoms with E-state index in [4.69, 9.17) is 14.2 Å². The van der Waals surface area contributed by atoms with Crippen LogP contribution in [0, 0.1) is 0 Å². The highest BCUT2D eigenvalue weighted by Crippen LogP contribution is 2.15. The van der Waals surface area contributed by atoms with Crippen LogP contribution in [0.15, 0.2) is 85.1 Å². The van der Waals surface area contributed by atoms with Crippen molar-refractivity contribution in [2.45, 2.75) is 277 Å². The Kier molecular flexibility index (Phi) is 53.4. The highest BCUT2D eigenvalue weighted by atomic mass is 16.6. The Bertz CT molecular complexity index is 1320. The lowest BCUT2D eigenvalue weighted by Gasteiger charge is -2.18. The zero-order valence-corrected chi connectivity index (χ0v) is 44.6. The van der Waals surface area contributed by atoms with Crippen LogP contribution in [-0.2, 0) is 28.6 Å². The largest absolute Gasteiger partial charge is 0.462 e. The summed E-state index contributed by atoms with van der Waals surface area (Å²) in [5.74, 6) is -0.896. The number of hydrogen-bond donors (Lipinski definition) is 0. The first-order valence-electron chi connectivity index (χ1n) is 28.6. The SMILES string of the molecule is CC/C=C\C/C=C\C/C=C\C/C=C\C/C=C\CCCCCCCCCCCCCC(=O)OCC(COC(=O)CCCCCCCCCCCC)OC(=O)CCCCCCC/C=C\C/C=C\CCC. The van der Waals surface area contributed by atoms with Crippen LogP contribution in [0.2, 0.25) is 0 Å². The van der Waals surface area contributed by atoms with Gasteiger partial charge >= 0.3 is 17.9 Å². The molecule has 390 valence electrons. The van der Waals surface area contributed by atoms with Gasteiger partial charge in [0.25, 0.3) is 0 Å². The molecule has 0 saturated carbocycles. The number of esters is 3. The van der Waals surface area contributed by atoms with Crippen LogP contribution in [0.5, 0.6) is 0 Å². The Labute approximate surface area is 420 Å². The molecule has 0 bridgehead atoms. The summed E-state index contributed by atoms with van der Waals surface area (Å²) < 4.78 is 16.8. The van der Waals surface area contributed by atoms with Gasteiger partial charge in [0.2, 0.25) is 0 Å². The molecular formula is C62H106O6. The van der Waals surface area contributed by atoms with Crippen LogP contribution >= 0.6 is 0 Å². The molecular weight excluding hydrogens is 841 g/mol. The average molecular weight is 948 g/mol. The third kappa shape index (κ3) is 53.5. The van der Waals surface area contributed by atoms with Gasteiger partial charge in [-0.3, -0.25) is 14.4 Å². The van der Waals surface area contributed by atoms with Crippen molar-refractivity contribution in [2.24, 2.45) is 0 Å². The van der Waals surface area contributed by atoms with E-state index >= 15 is 0 Å². The number of rotatable bonds is 51. The number of hydrogen-bond acceptors (Lipinski definition) is 6. The molecule has 0 aromatic heterocycles. The van der Waals surface area contributed by atoms with Gasteiger partial charge in [0, 0.05) is 19.3 Å². The van der Waals surface area contributed by atoms with Crippen molar-refractivity contribution in [3.05, 3.63) is 85.1 Å². The molecule has 0 amide bonds. The summed E-state index contributed by atoms with van der Waals surface area (Å²) in [5.41, 5.74) is 0. The van der Waals surface area contributed by atoms with Gasteiger partial charge in [-0.05, 0) is 89.9 Å². The van der Waals surface area contributed by atoms with Crippen LogP contribution in [0.1, 0.15) is 271 Å². The monoisotopic (exact) mass is 947 g/mol. The highest BCUT2D eigenvalue weighted by molar-refractivity contribution is 5.71. The number of unbranched alkanes of at least 4 members (excludes halogenated alkanes) is 26. The predicted octanol–water partition coefficient (Wildman–Crippen LogP) is 19.2. The van der Waals surface area contributed by atoms with E-state index in [0.29, 0.717) is 19.3 Å². The molecule has 0 radical (unpaired) electrons. The minimum atomic E-state index is -0.782. The molecule has 0 aromatic rings. The maximum absolute atomic E-state index is 12.8. The minimum absolute atomic E-state index is 0.0807. The van der Waals surface area contributed by atoms with Crippen LogP contribution < -0.4 is 0 Å². The predicted molar refractivity (Wildman–Crippen MR) is 293 cm³/mol. The molecule has 0 N–H and O–H groups in total. The first-order valence-corrected chi connectivity index (χ1v) is 28.6. The molecule has 0 aliphatic rings. The number of carbonyl (C=O) groups excluding carboxylic acids is 3. The fourth-order valence-corrected chi connectivity index (χ4v) is 7.86. The van der Waals surface area contributed by atoms with E-state index in [9.17, 15) is 14.4 Å². The average Bonchev–Trinajstić information content (AvgIpc) is 3.34. The second kappa shape index (κ2) is 56.2. The quantitative estimate of drug-likeness (QED) is 0.0262. The third-order valence-corrected chi connectivity index (χ3v) is 12.1. The Morgan fingerprint density at radius 3 is 0.956 bits per heavy atom. The summed E-state index contributed by atoms with van der Waals surface area (Å²) in [5, 5.41) is 0. The van der Waals surface area contributed by atoms with Gasteiger partial charge in [0.1, 0.15) is 13.2 Å². The van der Waals surface area contributed by atoms with Crippen molar-refractivity contribution in [1.29, 1.82) is 0 Å². The Morgan fingerprint density at radius 2 is 0.603 bits per heavy atom. The molecule has 6 nitrogen and oxygen atoms in total. The van der Waals surface area contributed by atoms with Gasteiger partial charge in [0.15, 0.2) is 6.10 Å². The third-order valence-electron chi connectivity index (χ3n) is 12.1. The molecule has 0 aromatic carbocycles. The molecule has 68 heavy (non-hydrogen) atoms. The normalized spacial score (nSPS) is 12.7. The van der Waals surface area contributed by atoms with Crippen LogP contribution in [0.3, 0.4) is 0 Å². The summed E-state index contributed by atoms with van der Waals surface area (Å²) >= 11 is 0. The first kappa shape index (κ1) is 64.6. The van der Waals surface area contributed by atoms with Gasteiger partial charge in [-0.15, -0.1) is 0 Å². The molecule has 0 fully saturated rings. The first-order chi connectivity index (χ1) is 33.5. The van der Waals surface area contributed by atoms with Crippen LogP contribution in [0.25, 0.3) is 0 Å². The zero-order chi connectivity index (χ0) is 49.3. The molecule has 0 aliphatic heterocycles. The summed E-state index contributed by atoms with van der Waals surface area (Å²) in [6, 6.07) is 0. The molecule has 0 saturated heterocycles. The van der Waals surface area contributed by atoms with Crippen molar-refractivity contribution in [2.75, 3.05) is 13.2 Å². The van der Waals surface area contributed by atoms with E-state index < -0.39 is 6.10 Å². The van der Waals surface area contributed by atoms with E-state index in [0.717, 1.165) is 122 Å². The second-order valence-corrected chi connectivity index (χ2v) is 18.8. The van der Waals surface area contributed by atoms with E-state index in [1.54, 1.807) is 0 Å². The zero-order valence-electron chi connectivity index (χ0n) is 44.6. The van der Waals surface area contributed by atoms with Gasteiger partial charge < -0.3 is 14.2 Å². The van der Waals surface area contributed by atoms with E-state index in [2.05, 4.69) is 106 Å². The standard InChI is InChI=1S/C62H106O6/c1-4-7-10-13-16-19-22-24-25-26-27-28-29-30-31-32-33-34-35-36-37-39-40-43-46-49-52-55-61(64)67-58-59(57-66-60(63)54-51-48-45-42-21-18-15-12-9-6-3)68-62(65)56-53-50-47-44-41-38-23-20-17-14-11-8-5-2/h7,10-11,14,16,19-20,23-25,27-28,30-31,59H,4-6,8-9,12-13,15,17-18,21-22,26,29,32-58H2,1-3H3/b10-7-,14-11-,19-16-,23-20-,25-24-,28-27-,31-30-. The highest BCUT2D eigenvalue weighted by Gasteiger charge is 2.19. The maximum Gasteiger partial charge on any atom is 0.306 e. The molecule has 1 unspecified atom stereocenters. The molecule has 0 heterocycles. The summed E-state index contributed by atoms with van der Waals surface area (Å²) in [6.45, 7) is 6.44. The lowest BCUT2D eigenvalue weighted by molar-refractivity contribution is -0.167. The Morgan fingerprint density at radius 1 is 0.309 bits per heavy atom. The van der Waals surface area contributed by atoms with Gasteiger partial charge in [0.05, 0.1) is 0 Å². The minimum Gasteiger partial charge on any atom is -0.462 e.